The number of rotatable bonds is 8. The smallest absolute Gasteiger partial charge is 0.254 e. The van der Waals surface area contributed by atoms with E-state index in [-0.39, 0.29) is 0 Å². The highest BCUT2D eigenvalue weighted by atomic mass is 16.5. The van der Waals surface area contributed by atoms with Crippen LogP contribution in [0.2, 0.25) is 0 Å². The van der Waals surface area contributed by atoms with Crippen molar-refractivity contribution in [1.82, 2.24) is 19.6 Å². The lowest BCUT2D eigenvalue weighted by atomic mass is 10.1. The van der Waals surface area contributed by atoms with Gasteiger partial charge in [-0.2, -0.15) is 9.50 Å². The average molecular weight is 355 g/mol. The summed E-state index contributed by atoms with van der Waals surface area (Å²) in [4.78, 5) is 8.84. The molecule has 2 heterocycles. The van der Waals surface area contributed by atoms with Gasteiger partial charge >= 0.3 is 0 Å². The quantitative estimate of drug-likeness (QED) is 0.669. The third-order valence-electron chi connectivity index (χ3n) is 3.92. The predicted molar refractivity (Wildman–Crippen MR) is 101 cm³/mol. The summed E-state index contributed by atoms with van der Waals surface area (Å²) in [6.45, 7) is 9.83. The minimum Gasteiger partial charge on any atom is -0.490 e. The maximum absolute atomic E-state index is 5.68. The van der Waals surface area contributed by atoms with Crippen LogP contribution < -0.4 is 14.8 Å². The summed E-state index contributed by atoms with van der Waals surface area (Å²) >= 11 is 0. The van der Waals surface area contributed by atoms with Crippen molar-refractivity contribution in [2.45, 2.75) is 34.1 Å². The van der Waals surface area contributed by atoms with Crippen molar-refractivity contribution in [3.63, 3.8) is 0 Å². The summed E-state index contributed by atoms with van der Waals surface area (Å²) in [6, 6.07) is 8.04. The number of aryl methyl sites for hydroxylation is 2. The van der Waals surface area contributed by atoms with Gasteiger partial charge in [0, 0.05) is 17.9 Å². The second-order valence-electron chi connectivity index (χ2n) is 6.01. The summed E-state index contributed by atoms with van der Waals surface area (Å²) in [5.41, 5.74) is 3.12. The molecule has 0 aliphatic rings. The zero-order chi connectivity index (χ0) is 18.5. The molecule has 3 rings (SSSR count). The molecule has 7 heteroatoms. The van der Waals surface area contributed by atoms with Gasteiger partial charge in [0.1, 0.15) is 0 Å². The van der Waals surface area contributed by atoms with Gasteiger partial charge in [0.05, 0.1) is 13.2 Å². The van der Waals surface area contributed by atoms with Gasteiger partial charge in [0.2, 0.25) is 5.95 Å². The molecule has 1 N–H and O–H groups in total. The molecule has 3 aromatic rings. The third kappa shape index (κ3) is 4.04. The fraction of sp³-hybridized carbons (Fsp3) is 0.421. The highest BCUT2D eigenvalue weighted by Gasteiger charge is 2.09. The Labute approximate surface area is 153 Å². The first-order chi connectivity index (χ1) is 12.6. The van der Waals surface area contributed by atoms with Crippen molar-refractivity contribution in [2.75, 3.05) is 25.1 Å². The summed E-state index contributed by atoms with van der Waals surface area (Å²) in [5, 5.41) is 7.72. The molecule has 26 heavy (non-hydrogen) atoms. The van der Waals surface area contributed by atoms with E-state index in [1.165, 1.54) is 5.56 Å². The number of hydrogen-bond donors (Lipinski definition) is 1. The maximum atomic E-state index is 5.68. The molecule has 0 spiro atoms. The monoisotopic (exact) mass is 355 g/mol. The highest BCUT2D eigenvalue weighted by molar-refractivity contribution is 5.43. The van der Waals surface area contributed by atoms with Crippen LogP contribution >= 0.6 is 0 Å². The van der Waals surface area contributed by atoms with E-state index in [9.17, 15) is 0 Å². The van der Waals surface area contributed by atoms with Crippen molar-refractivity contribution in [2.24, 2.45) is 0 Å². The van der Waals surface area contributed by atoms with E-state index in [2.05, 4.69) is 26.4 Å². The molecule has 0 fully saturated rings. The van der Waals surface area contributed by atoms with Crippen molar-refractivity contribution in [3.8, 4) is 11.5 Å². The molecule has 7 nitrogen and oxygen atoms in total. The normalized spacial score (nSPS) is 10.9. The van der Waals surface area contributed by atoms with Gasteiger partial charge in [-0.25, -0.2) is 4.98 Å². The fourth-order valence-corrected chi connectivity index (χ4v) is 2.81. The van der Waals surface area contributed by atoms with E-state index in [4.69, 9.17) is 9.47 Å². The molecular weight excluding hydrogens is 330 g/mol. The first-order valence-electron chi connectivity index (χ1n) is 8.94. The van der Waals surface area contributed by atoms with Gasteiger partial charge < -0.3 is 14.8 Å². The Bertz CT molecular complexity index is 891. The Morgan fingerprint density at radius 2 is 1.77 bits per heavy atom. The van der Waals surface area contributed by atoms with Crippen LogP contribution in [0.1, 0.15) is 30.8 Å². The largest absolute Gasteiger partial charge is 0.490 e. The Hall–Kier alpha value is -2.83. The Kier molecular flexibility index (Phi) is 5.55. The zero-order valence-electron chi connectivity index (χ0n) is 15.7. The molecular formula is C19H25N5O2. The minimum absolute atomic E-state index is 0.585. The molecule has 0 saturated carbocycles. The number of anilines is 1. The van der Waals surface area contributed by atoms with E-state index < -0.39 is 0 Å². The molecule has 0 atom stereocenters. The lowest BCUT2D eigenvalue weighted by Gasteiger charge is -2.12. The number of nitrogens with zero attached hydrogens (tertiary/aromatic N) is 4. The van der Waals surface area contributed by atoms with E-state index in [1.54, 1.807) is 4.52 Å². The maximum Gasteiger partial charge on any atom is 0.254 e. The predicted octanol–water partition coefficient (Wildman–Crippen LogP) is 3.19. The van der Waals surface area contributed by atoms with Gasteiger partial charge in [0.15, 0.2) is 11.5 Å². The van der Waals surface area contributed by atoms with Gasteiger partial charge in [0.25, 0.3) is 5.78 Å². The first-order valence-corrected chi connectivity index (χ1v) is 8.94. The van der Waals surface area contributed by atoms with Crippen LogP contribution in [0.5, 0.6) is 11.5 Å². The Morgan fingerprint density at radius 3 is 2.54 bits per heavy atom. The van der Waals surface area contributed by atoms with Crippen molar-refractivity contribution in [3.05, 3.63) is 41.2 Å². The first kappa shape index (κ1) is 18.0. The Balaban J connectivity index is 1.66. The molecule has 0 unspecified atom stereocenters. The van der Waals surface area contributed by atoms with Crippen LogP contribution in [0, 0.1) is 13.8 Å². The number of fused-ring (bicyclic) bond motifs is 1. The van der Waals surface area contributed by atoms with Crippen LogP contribution in [0.15, 0.2) is 24.3 Å². The van der Waals surface area contributed by atoms with Crippen LogP contribution in [-0.4, -0.2) is 39.3 Å². The third-order valence-corrected chi connectivity index (χ3v) is 3.92. The fourth-order valence-electron chi connectivity index (χ4n) is 2.81. The molecule has 0 radical (unpaired) electrons. The minimum atomic E-state index is 0.585. The number of nitrogens with one attached hydrogen (secondary N) is 1. The van der Waals surface area contributed by atoms with E-state index in [0.717, 1.165) is 29.3 Å². The lowest BCUT2D eigenvalue weighted by molar-refractivity contribution is 0.287. The van der Waals surface area contributed by atoms with Crippen molar-refractivity contribution < 1.29 is 9.47 Å². The molecule has 2 aromatic heterocycles. The summed E-state index contributed by atoms with van der Waals surface area (Å²) in [5.74, 6) is 2.77. The van der Waals surface area contributed by atoms with Gasteiger partial charge in [-0.1, -0.05) is 6.07 Å². The topological polar surface area (TPSA) is 73.6 Å². The summed E-state index contributed by atoms with van der Waals surface area (Å²) in [6.07, 6.45) is 0.827. The van der Waals surface area contributed by atoms with Crippen LogP contribution in [-0.2, 0) is 6.42 Å². The second-order valence-corrected chi connectivity index (χ2v) is 6.01. The number of hydrogen-bond acceptors (Lipinski definition) is 6. The van der Waals surface area contributed by atoms with Crippen LogP contribution in [0.4, 0.5) is 5.95 Å². The highest BCUT2D eigenvalue weighted by Crippen LogP contribution is 2.28. The molecule has 1 aromatic carbocycles. The number of aromatic nitrogens is 4. The van der Waals surface area contributed by atoms with E-state index in [0.29, 0.717) is 31.5 Å². The average Bonchev–Trinajstić information content (AvgIpc) is 3.00. The van der Waals surface area contributed by atoms with Crippen LogP contribution in [0.25, 0.3) is 5.78 Å². The zero-order valence-corrected chi connectivity index (χ0v) is 15.7. The second kappa shape index (κ2) is 8.03. The molecule has 138 valence electrons. The SMILES string of the molecule is CCOc1ccc(CCNc2nc3nc(C)cc(C)n3n2)cc1OCC. The van der Waals surface area contributed by atoms with E-state index in [1.807, 2.05) is 45.9 Å². The lowest BCUT2D eigenvalue weighted by Crippen LogP contribution is -2.07. The van der Waals surface area contributed by atoms with Gasteiger partial charge in [-0.15, -0.1) is 5.10 Å². The molecule has 0 aliphatic heterocycles. The van der Waals surface area contributed by atoms with Crippen molar-refractivity contribution in [1.29, 1.82) is 0 Å². The van der Waals surface area contributed by atoms with Crippen LogP contribution in [0.3, 0.4) is 0 Å². The van der Waals surface area contributed by atoms with Gasteiger partial charge in [-0.05, 0) is 57.9 Å². The summed E-state index contributed by atoms with van der Waals surface area (Å²) in [7, 11) is 0. The molecule has 0 saturated heterocycles. The number of benzene rings is 1. The van der Waals surface area contributed by atoms with Crippen molar-refractivity contribution >= 4 is 11.7 Å². The summed E-state index contributed by atoms with van der Waals surface area (Å²) < 4.78 is 13.0. The number of ether oxygens (including phenoxy) is 2. The molecule has 0 aliphatic carbocycles. The standard InChI is InChI=1S/C19H25N5O2/c1-5-25-16-8-7-15(12-17(16)26-6-2)9-10-20-18-22-19-21-13(3)11-14(4)24(19)23-18/h7-8,11-12H,5-6,9-10H2,1-4H3,(H,20,23). The van der Waals surface area contributed by atoms with E-state index >= 15 is 0 Å². The molecule has 0 bridgehead atoms. The van der Waals surface area contributed by atoms with Gasteiger partial charge in [-0.3, -0.25) is 0 Å². The molecule has 0 amide bonds. The Morgan fingerprint density at radius 1 is 1.00 bits per heavy atom.